The van der Waals surface area contributed by atoms with Gasteiger partial charge in [0.25, 0.3) is 0 Å². The van der Waals surface area contributed by atoms with Crippen molar-refractivity contribution in [1.82, 2.24) is 0 Å². The van der Waals surface area contributed by atoms with E-state index in [1.54, 1.807) is 0 Å². The zero-order valence-electron chi connectivity index (χ0n) is 11.5. The third-order valence-electron chi connectivity index (χ3n) is 2.77. The van der Waals surface area contributed by atoms with Crippen molar-refractivity contribution in [3.63, 3.8) is 0 Å². The summed E-state index contributed by atoms with van der Waals surface area (Å²) in [6, 6.07) is 0. The first-order chi connectivity index (χ1) is 8.41. The van der Waals surface area contributed by atoms with Crippen molar-refractivity contribution in [2.45, 2.75) is 64.7 Å². The van der Waals surface area contributed by atoms with Crippen LogP contribution in [0.3, 0.4) is 0 Å². The summed E-state index contributed by atoms with van der Waals surface area (Å²) < 4.78 is 0. The fraction of sp³-hybridized carbons (Fsp3) is 0.588. The SMILES string of the molecule is [CH2]C=CCC=CCC=CCCCCCCCC. The van der Waals surface area contributed by atoms with Crippen molar-refractivity contribution in [2.24, 2.45) is 0 Å². The van der Waals surface area contributed by atoms with E-state index in [0.717, 1.165) is 12.8 Å². The molecular weight excluding hydrogens is 204 g/mol. The summed E-state index contributed by atoms with van der Waals surface area (Å²) in [6.45, 7) is 5.92. The molecule has 0 aliphatic rings. The van der Waals surface area contributed by atoms with Gasteiger partial charge in [-0.1, -0.05) is 75.5 Å². The Morgan fingerprint density at radius 1 is 0.706 bits per heavy atom. The molecule has 97 valence electrons. The molecule has 0 bridgehead atoms. The minimum Gasteiger partial charge on any atom is -0.0882 e. The normalized spacial score (nSPS) is 12.4. The van der Waals surface area contributed by atoms with Crippen LogP contribution >= 0.6 is 0 Å². The van der Waals surface area contributed by atoms with Gasteiger partial charge in [0.05, 0.1) is 0 Å². The average Bonchev–Trinajstić information content (AvgIpc) is 2.35. The van der Waals surface area contributed by atoms with E-state index in [2.05, 4.69) is 44.2 Å². The maximum atomic E-state index is 3.65. The maximum absolute atomic E-state index is 3.65. The molecule has 1 radical (unpaired) electrons. The highest BCUT2D eigenvalue weighted by molar-refractivity contribution is 4.97. The minimum absolute atomic E-state index is 1.01. The Bertz CT molecular complexity index is 208. The van der Waals surface area contributed by atoms with Crippen LogP contribution in [-0.2, 0) is 0 Å². The van der Waals surface area contributed by atoms with Crippen LogP contribution in [-0.4, -0.2) is 0 Å². The summed E-state index contributed by atoms with van der Waals surface area (Å²) in [7, 11) is 0. The van der Waals surface area contributed by atoms with Gasteiger partial charge in [-0.2, -0.15) is 0 Å². The van der Waals surface area contributed by atoms with Crippen molar-refractivity contribution in [1.29, 1.82) is 0 Å². The number of rotatable bonds is 11. The molecule has 0 heterocycles. The molecular formula is C17H29. The van der Waals surface area contributed by atoms with Crippen LogP contribution in [0.25, 0.3) is 0 Å². The minimum atomic E-state index is 1.01. The highest BCUT2D eigenvalue weighted by Crippen LogP contribution is 2.07. The second-order valence-corrected chi connectivity index (χ2v) is 4.44. The second kappa shape index (κ2) is 15.2. The molecule has 0 atom stereocenters. The van der Waals surface area contributed by atoms with Gasteiger partial charge in [-0.25, -0.2) is 0 Å². The number of hydrogen-bond donors (Lipinski definition) is 0. The summed E-state index contributed by atoms with van der Waals surface area (Å²) in [5.41, 5.74) is 0. The molecule has 0 N–H and O–H groups in total. The molecule has 0 aromatic rings. The molecule has 0 saturated heterocycles. The summed E-state index contributed by atoms with van der Waals surface area (Å²) in [6.07, 6.45) is 24.6. The maximum Gasteiger partial charge on any atom is -0.0169 e. The number of unbranched alkanes of at least 4 members (excludes halogenated alkanes) is 6. The van der Waals surface area contributed by atoms with E-state index in [-0.39, 0.29) is 0 Å². The number of allylic oxidation sites excluding steroid dienone is 6. The molecule has 0 rings (SSSR count). The summed E-state index contributed by atoms with van der Waals surface area (Å²) in [5.74, 6) is 0. The van der Waals surface area contributed by atoms with Gasteiger partial charge < -0.3 is 0 Å². The van der Waals surface area contributed by atoms with Gasteiger partial charge in [-0.15, -0.1) is 0 Å². The Morgan fingerprint density at radius 3 is 2.00 bits per heavy atom. The van der Waals surface area contributed by atoms with Crippen molar-refractivity contribution < 1.29 is 0 Å². The first kappa shape index (κ1) is 16.2. The quantitative estimate of drug-likeness (QED) is 0.302. The van der Waals surface area contributed by atoms with Crippen LogP contribution in [0.4, 0.5) is 0 Å². The van der Waals surface area contributed by atoms with Gasteiger partial charge in [-0.3, -0.25) is 0 Å². The molecule has 0 aliphatic carbocycles. The Morgan fingerprint density at radius 2 is 1.29 bits per heavy atom. The first-order valence-corrected chi connectivity index (χ1v) is 7.16. The molecule has 0 fully saturated rings. The molecule has 0 amide bonds. The van der Waals surface area contributed by atoms with Crippen molar-refractivity contribution in [3.05, 3.63) is 43.4 Å². The molecule has 0 aliphatic heterocycles. The van der Waals surface area contributed by atoms with E-state index >= 15 is 0 Å². The monoisotopic (exact) mass is 233 g/mol. The standard InChI is InChI=1S/C17H29/c1-3-5-7-9-11-13-15-17-16-14-12-10-8-6-4-2/h3,5,9,11,15,17H,1,4,6-8,10,12-14,16H2,2H3. The molecule has 0 aromatic carbocycles. The third kappa shape index (κ3) is 15.2. The smallest absolute Gasteiger partial charge is 0.0169 e. The Balaban J connectivity index is 3.17. The molecule has 0 aromatic heterocycles. The van der Waals surface area contributed by atoms with Crippen molar-refractivity contribution in [2.75, 3.05) is 0 Å². The fourth-order valence-corrected chi connectivity index (χ4v) is 1.70. The van der Waals surface area contributed by atoms with Gasteiger partial charge in [0, 0.05) is 0 Å². The van der Waals surface area contributed by atoms with Crippen molar-refractivity contribution >= 4 is 0 Å². The van der Waals surface area contributed by atoms with E-state index in [0.29, 0.717) is 0 Å². The molecule has 0 unspecified atom stereocenters. The predicted molar refractivity (Wildman–Crippen MR) is 80.0 cm³/mol. The fourth-order valence-electron chi connectivity index (χ4n) is 1.70. The predicted octanol–water partition coefficient (Wildman–Crippen LogP) is 6.02. The van der Waals surface area contributed by atoms with Crippen molar-refractivity contribution in [3.8, 4) is 0 Å². The topological polar surface area (TPSA) is 0 Å². The zero-order valence-corrected chi connectivity index (χ0v) is 11.5. The lowest BCUT2D eigenvalue weighted by atomic mass is 10.1. The van der Waals surface area contributed by atoms with Gasteiger partial charge in [0.1, 0.15) is 0 Å². The van der Waals surface area contributed by atoms with Gasteiger partial charge in [0.15, 0.2) is 0 Å². The highest BCUT2D eigenvalue weighted by Gasteiger charge is 1.87. The number of hydrogen-bond acceptors (Lipinski definition) is 0. The first-order valence-electron chi connectivity index (χ1n) is 7.16. The summed E-state index contributed by atoms with van der Waals surface area (Å²) in [5, 5.41) is 0. The van der Waals surface area contributed by atoms with E-state index < -0.39 is 0 Å². The van der Waals surface area contributed by atoms with Crippen LogP contribution in [0.1, 0.15) is 64.7 Å². The second-order valence-electron chi connectivity index (χ2n) is 4.44. The lowest BCUT2D eigenvalue weighted by Gasteiger charge is -1.97. The molecule has 0 heteroatoms. The average molecular weight is 233 g/mol. The lowest BCUT2D eigenvalue weighted by molar-refractivity contribution is 0.611. The van der Waals surface area contributed by atoms with E-state index in [4.69, 9.17) is 0 Å². The summed E-state index contributed by atoms with van der Waals surface area (Å²) in [4.78, 5) is 0. The van der Waals surface area contributed by atoms with Gasteiger partial charge in [0.2, 0.25) is 0 Å². The van der Waals surface area contributed by atoms with Crippen LogP contribution in [0.15, 0.2) is 36.5 Å². The van der Waals surface area contributed by atoms with Crippen LogP contribution in [0.5, 0.6) is 0 Å². The Kier molecular flexibility index (Phi) is 14.5. The largest absolute Gasteiger partial charge is 0.0882 e. The Labute approximate surface area is 109 Å². The van der Waals surface area contributed by atoms with Gasteiger partial charge in [-0.05, 0) is 32.6 Å². The molecule has 0 nitrogen and oxygen atoms in total. The lowest BCUT2D eigenvalue weighted by Crippen LogP contribution is -1.77. The van der Waals surface area contributed by atoms with Gasteiger partial charge >= 0.3 is 0 Å². The Hall–Kier alpha value is -0.780. The van der Waals surface area contributed by atoms with E-state index in [9.17, 15) is 0 Å². The van der Waals surface area contributed by atoms with Crippen LogP contribution in [0, 0.1) is 6.92 Å². The molecule has 0 saturated carbocycles. The zero-order chi connectivity index (χ0) is 12.6. The highest BCUT2D eigenvalue weighted by atomic mass is 13.9. The van der Waals surface area contributed by atoms with Crippen LogP contribution < -0.4 is 0 Å². The third-order valence-corrected chi connectivity index (χ3v) is 2.77. The molecule has 0 spiro atoms. The molecule has 17 heavy (non-hydrogen) atoms. The van der Waals surface area contributed by atoms with E-state index in [1.807, 2.05) is 6.08 Å². The summed E-state index contributed by atoms with van der Waals surface area (Å²) >= 11 is 0. The van der Waals surface area contributed by atoms with E-state index in [1.165, 1.54) is 44.9 Å². The van der Waals surface area contributed by atoms with Crippen LogP contribution in [0.2, 0.25) is 0 Å².